The topological polar surface area (TPSA) is 104 Å². The summed E-state index contributed by atoms with van der Waals surface area (Å²) in [5.41, 5.74) is 5.01. The van der Waals surface area contributed by atoms with E-state index in [1.165, 1.54) is 17.2 Å². The minimum absolute atomic E-state index is 0.0146. The van der Waals surface area contributed by atoms with Crippen LogP contribution in [0.15, 0.2) is 54.6 Å². The molecule has 4 rings (SSSR count). The highest BCUT2D eigenvalue weighted by atomic mass is 16.5. The summed E-state index contributed by atoms with van der Waals surface area (Å²) in [6.07, 6.45) is -0.569. The molecule has 0 fully saturated rings. The van der Waals surface area contributed by atoms with Crippen molar-refractivity contribution >= 4 is 12.1 Å². The summed E-state index contributed by atoms with van der Waals surface area (Å²) < 4.78 is 5.49. The molecule has 1 heterocycles. The van der Waals surface area contributed by atoms with Crippen molar-refractivity contribution in [3.05, 3.63) is 77.1 Å². The van der Waals surface area contributed by atoms with Crippen molar-refractivity contribution < 1.29 is 19.4 Å². The van der Waals surface area contributed by atoms with Crippen molar-refractivity contribution in [2.24, 2.45) is 0 Å². The molecule has 0 saturated heterocycles. The average Bonchev–Trinajstić information content (AvgIpc) is 3.30. The average molecular weight is 377 g/mol. The Morgan fingerprint density at radius 3 is 2.32 bits per heavy atom. The first-order chi connectivity index (χ1) is 13.5. The molecule has 2 aromatic carbocycles. The number of nitrogens with one attached hydrogen (secondary N) is 2. The van der Waals surface area contributed by atoms with Gasteiger partial charge in [0.1, 0.15) is 6.61 Å². The molecule has 1 atom stereocenters. The number of carbonyl (C=O) groups is 2. The number of aromatic nitrogens is 2. The van der Waals surface area contributed by atoms with Gasteiger partial charge in [0.05, 0.1) is 11.7 Å². The van der Waals surface area contributed by atoms with E-state index in [1.54, 1.807) is 6.92 Å². The van der Waals surface area contributed by atoms with Crippen LogP contribution in [0.25, 0.3) is 11.1 Å². The Hall–Kier alpha value is -3.61. The summed E-state index contributed by atoms with van der Waals surface area (Å²) in [6, 6.07) is 17.2. The van der Waals surface area contributed by atoms with Crippen LogP contribution in [0.3, 0.4) is 0 Å². The van der Waals surface area contributed by atoms with Gasteiger partial charge in [0.15, 0.2) is 5.69 Å². The molecule has 0 bridgehead atoms. The normalized spacial score (nSPS) is 13.5. The highest BCUT2D eigenvalue weighted by molar-refractivity contribution is 5.85. The van der Waals surface area contributed by atoms with Gasteiger partial charge in [-0.2, -0.15) is 5.10 Å². The molecule has 1 aliphatic rings. The number of ether oxygens (including phenoxy) is 1. The Balaban J connectivity index is 1.43. The molecule has 3 aromatic rings. The quantitative estimate of drug-likeness (QED) is 0.629. The van der Waals surface area contributed by atoms with E-state index in [9.17, 15) is 9.59 Å². The number of H-pyrrole nitrogens is 1. The monoisotopic (exact) mass is 377 g/mol. The zero-order valence-corrected chi connectivity index (χ0v) is 15.2. The maximum absolute atomic E-state index is 12.3. The van der Waals surface area contributed by atoms with E-state index in [2.05, 4.69) is 39.8 Å². The summed E-state index contributed by atoms with van der Waals surface area (Å²) >= 11 is 0. The Morgan fingerprint density at radius 2 is 1.75 bits per heavy atom. The summed E-state index contributed by atoms with van der Waals surface area (Å²) in [4.78, 5) is 23.2. The third-order valence-electron chi connectivity index (χ3n) is 4.96. The smallest absolute Gasteiger partial charge is 0.407 e. The van der Waals surface area contributed by atoms with E-state index < -0.39 is 18.1 Å². The number of aromatic carboxylic acids is 1. The molecule has 1 amide bonds. The fourth-order valence-electron chi connectivity index (χ4n) is 3.56. The lowest BCUT2D eigenvalue weighted by molar-refractivity contribution is 0.0690. The molecule has 0 saturated carbocycles. The number of alkyl carbamates (subject to hydrolysis) is 1. The van der Waals surface area contributed by atoms with Gasteiger partial charge in [-0.3, -0.25) is 5.10 Å². The minimum atomic E-state index is -1.13. The number of benzene rings is 2. The lowest BCUT2D eigenvalue weighted by Crippen LogP contribution is -2.29. The van der Waals surface area contributed by atoms with Gasteiger partial charge in [-0.1, -0.05) is 48.5 Å². The maximum Gasteiger partial charge on any atom is 0.407 e. The van der Waals surface area contributed by atoms with Gasteiger partial charge in [-0.25, -0.2) is 9.59 Å². The highest BCUT2D eigenvalue weighted by Gasteiger charge is 2.29. The van der Waals surface area contributed by atoms with Crippen LogP contribution in [0.1, 0.15) is 46.2 Å². The first-order valence-corrected chi connectivity index (χ1v) is 8.94. The van der Waals surface area contributed by atoms with Crippen molar-refractivity contribution in [3.8, 4) is 11.1 Å². The van der Waals surface area contributed by atoms with Gasteiger partial charge in [0, 0.05) is 5.92 Å². The van der Waals surface area contributed by atoms with E-state index >= 15 is 0 Å². The summed E-state index contributed by atoms with van der Waals surface area (Å²) in [6.45, 7) is 1.94. The predicted octanol–water partition coefficient (Wildman–Crippen LogP) is 3.71. The number of hydrogen-bond acceptors (Lipinski definition) is 4. The highest BCUT2D eigenvalue weighted by Crippen LogP contribution is 2.44. The molecule has 28 heavy (non-hydrogen) atoms. The second-order valence-corrected chi connectivity index (χ2v) is 6.71. The molecule has 1 unspecified atom stereocenters. The lowest BCUT2D eigenvalue weighted by Gasteiger charge is -2.16. The molecule has 1 aromatic heterocycles. The van der Waals surface area contributed by atoms with E-state index in [0.29, 0.717) is 5.69 Å². The first kappa shape index (κ1) is 17.8. The number of rotatable bonds is 5. The molecular formula is C21H19N3O4. The number of carboxylic acid groups (broad SMARTS) is 1. The molecule has 3 N–H and O–H groups in total. The van der Waals surface area contributed by atoms with Crippen LogP contribution in [-0.4, -0.2) is 34.0 Å². The molecule has 1 aliphatic carbocycles. The number of carbonyl (C=O) groups excluding carboxylic acids is 1. The zero-order chi connectivity index (χ0) is 19.7. The van der Waals surface area contributed by atoms with Gasteiger partial charge in [-0.15, -0.1) is 0 Å². The van der Waals surface area contributed by atoms with Crippen molar-refractivity contribution in [2.45, 2.75) is 18.9 Å². The van der Waals surface area contributed by atoms with Crippen molar-refractivity contribution in [3.63, 3.8) is 0 Å². The van der Waals surface area contributed by atoms with Crippen LogP contribution in [-0.2, 0) is 4.74 Å². The second kappa shape index (κ2) is 7.19. The van der Waals surface area contributed by atoms with Crippen molar-refractivity contribution in [1.29, 1.82) is 0 Å². The molecule has 0 radical (unpaired) electrons. The summed E-state index contributed by atoms with van der Waals surface area (Å²) in [7, 11) is 0. The number of aromatic amines is 1. The Labute approximate surface area is 161 Å². The van der Waals surface area contributed by atoms with Crippen LogP contribution in [0.5, 0.6) is 0 Å². The van der Waals surface area contributed by atoms with Gasteiger partial charge < -0.3 is 15.2 Å². The standard InChI is InChI=1S/C21H19N3O4/c1-12(18-10-19(20(25)26)24-23-18)22-21(27)28-11-17-15-8-4-2-6-13(15)14-7-3-5-9-16(14)17/h2-10,12,17H,11H2,1H3,(H,22,27)(H,23,24)(H,25,26). The SMILES string of the molecule is CC(NC(=O)OCC1c2ccccc2-c2ccccc21)c1cc(C(=O)O)n[nH]1. The number of nitrogens with zero attached hydrogens (tertiary/aromatic N) is 1. The van der Waals surface area contributed by atoms with Gasteiger partial charge >= 0.3 is 12.1 Å². The van der Waals surface area contributed by atoms with E-state index in [4.69, 9.17) is 9.84 Å². The Bertz CT molecular complexity index is 998. The number of hydrogen-bond donors (Lipinski definition) is 3. The fourth-order valence-corrected chi connectivity index (χ4v) is 3.56. The number of carboxylic acids is 1. The molecule has 7 nitrogen and oxygen atoms in total. The predicted molar refractivity (Wildman–Crippen MR) is 102 cm³/mol. The second-order valence-electron chi connectivity index (χ2n) is 6.71. The maximum atomic E-state index is 12.3. The number of amides is 1. The fraction of sp³-hybridized carbons (Fsp3) is 0.190. The zero-order valence-electron chi connectivity index (χ0n) is 15.2. The molecular weight excluding hydrogens is 358 g/mol. The molecule has 142 valence electrons. The van der Waals surface area contributed by atoms with Gasteiger partial charge in [-0.05, 0) is 35.2 Å². The summed E-state index contributed by atoms with van der Waals surface area (Å²) in [5, 5.41) is 17.9. The Kier molecular flexibility index (Phi) is 4.57. The minimum Gasteiger partial charge on any atom is -0.476 e. The van der Waals surface area contributed by atoms with E-state index in [0.717, 1.165) is 11.1 Å². The third kappa shape index (κ3) is 3.22. The molecule has 0 aliphatic heterocycles. The van der Waals surface area contributed by atoms with E-state index in [1.807, 2.05) is 24.3 Å². The first-order valence-electron chi connectivity index (χ1n) is 8.94. The lowest BCUT2D eigenvalue weighted by atomic mass is 9.98. The Morgan fingerprint density at radius 1 is 1.14 bits per heavy atom. The van der Waals surface area contributed by atoms with Gasteiger partial charge in [0.2, 0.25) is 0 Å². The van der Waals surface area contributed by atoms with E-state index in [-0.39, 0.29) is 18.2 Å². The molecule has 0 spiro atoms. The van der Waals surface area contributed by atoms with Crippen LogP contribution in [0.4, 0.5) is 4.79 Å². The van der Waals surface area contributed by atoms with Crippen LogP contribution in [0, 0.1) is 0 Å². The van der Waals surface area contributed by atoms with Crippen molar-refractivity contribution in [1.82, 2.24) is 15.5 Å². The third-order valence-corrected chi connectivity index (χ3v) is 4.96. The van der Waals surface area contributed by atoms with Crippen LogP contribution in [0.2, 0.25) is 0 Å². The van der Waals surface area contributed by atoms with Gasteiger partial charge in [0.25, 0.3) is 0 Å². The molecule has 7 heteroatoms. The van der Waals surface area contributed by atoms with Crippen LogP contribution >= 0.6 is 0 Å². The summed E-state index contributed by atoms with van der Waals surface area (Å²) in [5.74, 6) is -1.14. The van der Waals surface area contributed by atoms with Crippen LogP contribution < -0.4 is 5.32 Å². The number of fused-ring (bicyclic) bond motifs is 3. The van der Waals surface area contributed by atoms with Crippen molar-refractivity contribution in [2.75, 3.05) is 6.61 Å². The largest absolute Gasteiger partial charge is 0.476 e.